The van der Waals surface area contributed by atoms with Gasteiger partial charge < -0.3 is 0 Å². The van der Waals surface area contributed by atoms with Crippen LogP contribution in [0.1, 0.15) is 29.8 Å². The molecule has 0 spiro atoms. The van der Waals surface area contributed by atoms with E-state index in [9.17, 15) is 9.59 Å². The van der Waals surface area contributed by atoms with E-state index in [0.29, 0.717) is 12.0 Å². The molecule has 0 fully saturated rings. The van der Waals surface area contributed by atoms with Crippen molar-refractivity contribution >= 4 is 11.6 Å². The van der Waals surface area contributed by atoms with Gasteiger partial charge in [-0.2, -0.15) is 0 Å². The van der Waals surface area contributed by atoms with Gasteiger partial charge in [-0.1, -0.05) is 24.3 Å². The van der Waals surface area contributed by atoms with Gasteiger partial charge in [0.1, 0.15) is 5.78 Å². The molecule has 0 saturated heterocycles. The Bertz CT molecular complexity index is 420. The van der Waals surface area contributed by atoms with Gasteiger partial charge >= 0.3 is 0 Å². The van der Waals surface area contributed by atoms with Crippen LogP contribution >= 0.6 is 0 Å². The van der Waals surface area contributed by atoms with Crippen molar-refractivity contribution in [2.45, 2.75) is 20.3 Å². The summed E-state index contributed by atoms with van der Waals surface area (Å²) in [4.78, 5) is 23.4. The van der Waals surface area contributed by atoms with Crippen molar-refractivity contribution in [2.75, 3.05) is 0 Å². The van der Waals surface area contributed by atoms with Crippen LogP contribution in [0.25, 0.3) is 0 Å². The summed E-state index contributed by atoms with van der Waals surface area (Å²) in [5, 5.41) is 0. The number of ketones is 2. The second-order valence-corrected chi connectivity index (χ2v) is 4.05. The first kappa shape index (κ1) is 9.13. The summed E-state index contributed by atoms with van der Waals surface area (Å²) in [7, 11) is 0. The zero-order valence-corrected chi connectivity index (χ0v) is 8.33. The summed E-state index contributed by atoms with van der Waals surface area (Å²) >= 11 is 0. The molecule has 1 aliphatic carbocycles. The highest BCUT2D eigenvalue weighted by Crippen LogP contribution is 2.36. The molecular weight excluding hydrogens is 176 g/mol. The van der Waals surface area contributed by atoms with E-state index in [0.717, 1.165) is 5.56 Å². The van der Waals surface area contributed by atoms with Crippen molar-refractivity contribution in [3.63, 3.8) is 0 Å². The summed E-state index contributed by atoms with van der Waals surface area (Å²) in [6.07, 6.45) is 0.553. The topological polar surface area (TPSA) is 34.1 Å². The first-order chi connectivity index (χ1) is 6.55. The van der Waals surface area contributed by atoms with Gasteiger partial charge in [-0.05, 0) is 25.8 Å². The lowest BCUT2D eigenvalue weighted by molar-refractivity contribution is -0.123. The number of carbonyl (C=O) groups is 2. The highest BCUT2D eigenvalue weighted by Gasteiger charge is 2.44. The van der Waals surface area contributed by atoms with Gasteiger partial charge in [-0.15, -0.1) is 0 Å². The molecule has 0 aromatic heterocycles. The highest BCUT2D eigenvalue weighted by atomic mass is 16.2. The van der Waals surface area contributed by atoms with Gasteiger partial charge in [0.2, 0.25) is 0 Å². The van der Waals surface area contributed by atoms with Crippen LogP contribution in [0.4, 0.5) is 0 Å². The lowest BCUT2D eigenvalue weighted by Gasteiger charge is -2.16. The number of benzene rings is 1. The Labute approximate surface area is 82.9 Å². The van der Waals surface area contributed by atoms with E-state index in [1.54, 1.807) is 13.0 Å². The number of fused-ring (bicyclic) bond motifs is 1. The van der Waals surface area contributed by atoms with Gasteiger partial charge in [-0.25, -0.2) is 0 Å². The van der Waals surface area contributed by atoms with Crippen LogP contribution in [0.5, 0.6) is 0 Å². The maximum absolute atomic E-state index is 11.9. The molecule has 1 aromatic carbocycles. The Morgan fingerprint density at radius 2 is 2.00 bits per heavy atom. The quantitative estimate of drug-likeness (QED) is 0.632. The lowest BCUT2D eigenvalue weighted by atomic mass is 9.82. The normalized spacial score (nSPS) is 24.9. The minimum atomic E-state index is -0.816. The number of Topliss-reactive ketones (excluding diaryl/α,β-unsaturated/α-hetero) is 2. The standard InChI is InChI=1S/C12H12O2/c1-8(13)12(2)7-9-5-3-4-6-10(9)11(12)14/h3-6H,7H2,1-2H3. The van der Waals surface area contributed by atoms with Crippen LogP contribution in [0.15, 0.2) is 24.3 Å². The van der Waals surface area contributed by atoms with Crippen LogP contribution in [-0.2, 0) is 11.2 Å². The van der Waals surface area contributed by atoms with Crippen LogP contribution in [-0.4, -0.2) is 11.6 Å². The van der Waals surface area contributed by atoms with Crippen molar-refractivity contribution in [3.05, 3.63) is 35.4 Å². The van der Waals surface area contributed by atoms with Crippen molar-refractivity contribution in [1.29, 1.82) is 0 Å². The smallest absolute Gasteiger partial charge is 0.176 e. The molecule has 14 heavy (non-hydrogen) atoms. The zero-order valence-electron chi connectivity index (χ0n) is 8.33. The van der Waals surface area contributed by atoms with Gasteiger partial charge in [0.05, 0.1) is 5.41 Å². The SMILES string of the molecule is CC(=O)C1(C)Cc2ccccc2C1=O. The Morgan fingerprint density at radius 3 is 2.57 bits per heavy atom. The average molecular weight is 188 g/mol. The molecule has 1 aliphatic rings. The number of rotatable bonds is 1. The van der Waals surface area contributed by atoms with Gasteiger partial charge in [0, 0.05) is 5.56 Å². The summed E-state index contributed by atoms with van der Waals surface area (Å²) in [6.45, 7) is 3.22. The van der Waals surface area contributed by atoms with Gasteiger partial charge in [-0.3, -0.25) is 9.59 Å². The van der Waals surface area contributed by atoms with Crippen LogP contribution in [0.3, 0.4) is 0 Å². The second-order valence-electron chi connectivity index (χ2n) is 4.05. The summed E-state index contributed by atoms with van der Waals surface area (Å²) in [5.74, 6) is -0.0701. The van der Waals surface area contributed by atoms with E-state index in [2.05, 4.69) is 0 Å². The molecule has 2 rings (SSSR count). The molecule has 1 atom stereocenters. The molecule has 72 valence electrons. The average Bonchev–Trinajstić information content (AvgIpc) is 2.42. The molecule has 1 aromatic rings. The molecule has 2 heteroatoms. The van der Waals surface area contributed by atoms with E-state index in [-0.39, 0.29) is 11.6 Å². The summed E-state index contributed by atoms with van der Waals surface area (Å²) in [6, 6.07) is 7.45. The predicted octanol–water partition coefficient (Wildman–Crippen LogP) is 2.02. The Hall–Kier alpha value is -1.44. The van der Waals surface area contributed by atoms with E-state index in [4.69, 9.17) is 0 Å². The molecule has 0 saturated carbocycles. The monoisotopic (exact) mass is 188 g/mol. The second kappa shape index (κ2) is 2.77. The zero-order chi connectivity index (χ0) is 10.3. The first-order valence-electron chi connectivity index (χ1n) is 4.69. The van der Waals surface area contributed by atoms with E-state index >= 15 is 0 Å². The van der Waals surface area contributed by atoms with Crippen molar-refractivity contribution in [2.24, 2.45) is 5.41 Å². The molecule has 1 unspecified atom stereocenters. The lowest BCUT2D eigenvalue weighted by Crippen LogP contribution is -2.31. The van der Waals surface area contributed by atoms with E-state index in [1.807, 2.05) is 18.2 Å². The Kier molecular flexibility index (Phi) is 1.81. The number of hydrogen-bond donors (Lipinski definition) is 0. The molecule has 0 aliphatic heterocycles. The summed E-state index contributed by atoms with van der Waals surface area (Å²) in [5.41, 5.74) is 0.893. The Balaban J connectivity index is 2.54. The van der Waals surface area contributed by atoms with E-state index in [1.165, 1.54) is 6.92 Å². The molecule has 0 bridgehead atoms. The van der Waals surface area contributed by atoms with Crippen LogP contribution in [0, 0.1) is 5.41 Å². The molecule has 0 radical (unpaired) electrons. The fourth-order valence-corrected chi connectivity index (χ4v) is 1.94. The minimum absolute atomic E-state index is 0.0272. The molecule has 0 N–H and O–H groups in total. The molecule has 2 nitrogen and oxygen atoms in total. The highest BCUT2D eigenvalue weighted by molar-refractivity contribution is 6.16. The van der Waals surface area contributed by atoms with Crippen molar-refractivity contribution in [3.8, 4) is 0 Å². The number of carbonyl (C=O) groups excluding carboxylic acids is 2. The largest absolute Gasteiger partial charge is 0.299 e. The summed E-state index contributed by atoms with van der Waals surface area (Å²) < 4.78 is 0. The maximum Gasteiger partial charge on any atom is 0.176 e. The molecule has 0 amide bonds. The van der Waals surface area contributed by atoms with E-state index < -0.39 is 5.41 Å². The predicted molar refractivity (Wildman–Crippen MR) is 53.3 cm³/mol. The first-order valence-corrected chi connectivity index (χ1v) is 4.69. The van der Waals surface area contributed by atoms with Crippen LogP contribution < -0.4 is 0 Å². The van der Waals surface area contributed by atoms with Crippen molar-refractivity contribution in [1.82, 2.24) is 0 Å². The van der Waals surface area contributed by atoms with Crippen molar-refractivity contribution < 1.29 is 9.59 Å². The fourth-order valence-electron chi connectivity index (χ4n) is 1.94. The third-order valence-electron chi connectivity index (χ3n) is 3.08. The fraction of sp³-hybridized carbons (Fsp3) is 0.333. The number of hydrogen-bond acceptors (Lipinski definition) is 2. The minimum Gasteiger partial charge on any atom is -0.299 e. The molecular formula is C12H12O2. The third kappa shape index (κ3) is 1.03. The maximum atomic E-state index is 11.9. The Morgan fingerprint density at radius 1 is 1.36 bits per heavy atom. The van der Waals surface area contributed by atoms with Crippen LogP contribution in [0.2, 0.25) is 0 Å². The van der Waals surface area contributed by atoms with Gasteiger partial charge in [0.15, 0.2) is 5.78 Å². The molecule has 0 heterocycles. The van der Waals surface area contributed by atoms with Gasteiger partial charge in [0.25, 0.3) is 0 Å². The third-order valence-corrected chi connectivity index (χ3v) is 3.08.